The molecule has 1 heterocycles. The van der Waals surface area contributed by atoms with Crippen LogP contribution < -0.4 is 5.32 Å². The van der Waals surface area contributed by atoms with Gasteiger partial charge in [0.15, 0.2) is 0 Å². The Kier molecular flexibility index (Phi) is 3.79. The van der Waals surface area contributed by atoms with Gasteiger partial charge in [0, 0.05) is 13.3 Å². The van der Waals surface area contributed by atoms with Gasteiger partial charge in [-0.05, 0) is 35.7 Å². The lowest BCUT2D eigenvalue weighted by molar-refractivity contribution is 0.147. The smallest absolute Gasteiger partial charge is 0.144 e. The number of anilines is 1. The lowest BCUT2D eigenvalue weighted by Crippen LogP contribution is -2.40. The van der Waals surface area contributed by atoms with E-state index in [1.54, 1.807) is 13.3 Å². The van der Waals surface area contributed by atoms with E-state index in [2.05, 4.69) is 43.4 Å². The minimum absolute atomic E-state index is 0.0714. The SMILES string of the molecule is COCC1(Nc2nc(C)ncc2Br)CC=CC1. The van der Waals surface area contributed by atoms with Crippen LogP contribution in [0, 0.1) is 6.92 Å². The predicted molar refractivity (Wildman–Crippen MR) is 71.1 cm³/mol. The van der Waals surface area contributed by atoms with Crippen molar-refractivity contribution in [2.24, 2.45) is 0 Å². The van der Waals surface area contributed by atoms with Crippen LogP contribution in [0.15, 0.2) is 22.8 Å². The molecule has 0 bridgehead atoms. The van der Waals surface area contributed by atoms with E-state index in [-0.39, 0.29) is 5.54 Å². The molecule has 1 aromatic rings. The maximum Gasteiger partial charge on any atom is 0.144 e. The third-order valence-electron chi connectivity index (χ3n) is 2.85. The molecule has 0 fully saturated rings. The predicted octanol–water partition coefficient (Wildman–Crippen LogP) is 2.69. The van der Waals surface area contributed by atoms with Crippen molar-refractivity contribution < 1.29 is 4.74 Å². The zero-order valence-electron chi connectivity index (χ0n) is 10.0. The van der Waals surface area contributed by atoms with Crippen LogP contribution >= 0.6 is 15.9 Å². The minimum atomic E-state index is -0.0714. The van der Waals surface area contributed by atoms with Crippen molar-refractivity contribution in [3.05, 3.63) is 28.6 Å². The summed E-state index contributed by atoms with van der Waals surface area (Å²) in [6, 6.07) is 0. The summed E-state index contributed by atoms with van der Waals surface area (Å²) in [6.07, 6.45) is 8.03. The second-order valence-electron chi connectivity index (χ2n) is 4.33. The van der Waals surface area contributed by atoms with E-state index in [1.165, 1.54) is 0 Å². The van der Waals surface area contributed by atoms with Gasteiger partial charge in [-0.25, -0.2) is 9.97 Å². The van der Waals surface area contributed by atoms with Crippen LogP contribution in [0.5, 0.6) is 0 Å². The van der Waals surface area contributed by atoms with E-state index in [9.17, 15) is 0 Å². The Labute approximate surface area is 110 Å². The van der Waals surface area contributed by atoms with Crippen molar-refractivity contribution in [3.8, 4) is 0 Å². The van der Waals surface area contributed by atoms with Crippen LogP contribution in [0.3, 0.4) is 0 Å². The fourth-order valence-electron chi connectivity index (χ4n) is 2.03. The summed E-state index contributed by atoms with van der Waals surface area (Å²) in [5, 5.41) is 3.48. The Balaban J connectivity index is 2.20. The molecule has 1 aromatic heterocycles. The van der Waals surface area contributed by atoms with Gasteiger partial charge in [0.2, 0.25) is 0 Å². The Hall–Kier alpha value is -0.940. The van der Waals surface area contributed by atoms with Gasteiger partial charge in [0.1, 0.15) is 11.6 Å². The largest absolute Gasteiger partial charge is 0.382 e. The molecule has 0 atom stereocenters. The molecule has 0 saturated heterocycles. The number of aryl methyl sites for hydroxylation is 1. The first-order chi connectivity index (χ1) is 8.15. The fourth-order valence-corrected chi connectivity index (χ4v) is 2.32. The van der Waals surface area contributed by atoms with E-state index in [0.29, 0.717) is 6.61 Å². The van der Waals surface area contributed by atoms with Gasteiger partial charge < -0.3 is 10.1 Å². The monoisotopic (exact) mass is 297 g/mol. The van der Waals surface area contributed by atoms with Gasteiger partial charge in [-0.3, -0.25) is 0 Å². The fraction of sp³-hybridized carbons (Fsp3) is 0.500. The quantitative estimate of drug-likeness (QED) is 0.868. The summed E-state index contributed by atoms with van der Waals surface area (Å²) in [6.45, 7) is 2.54. The summed E-state index contributed by atoms with van der Waals surface area (Å²) in [7, 11) is 1.72. The number of hydrogen-bond acceptors (Lipinski definition) is 4. The first-order valence-electron chi connectivity index (χ1n) is 5.56. The molecule has 0 radical (unpaired) electrons. The first-order valence-corrected chi connectivity index (χ1v) is 6.36. The Morgan fingerprint density at radius 3 is 2.82 bits per heavy atom. The topological polar surface area (TPSA) is 47.0 Å². The molecule has 1 N–H and O–H groups in total. The van der Waals surface area contributed by atoms with Crippen LogP contribution in [0.4, 0.5) is 5.82 Å². The summed E-state index contributed by atoms with van der Waals surface area (Å²) < 4.78 is 6.19. The summed E-state index contributed by atoms with van der Waals surface area (Å²) in [5.74, 6) is 1.59. The van der Waals surface area contributed by atoms with Crippen molar-refractivity contribution >= 4 is 21.7 Å². The van der Waals surface area contributed by atoms with Crippen LogP contribution in [-0.4, -0.2) is 29.2 Å². The highest BCUT2D eigenvalue weighted by atomic mass is 79.9. The van der Waals surface area contributed by atoms with Crippen molar-refractivity contribution in [3.63, 3.8) is 0 Å². The van der Waals surface area contributed by atoms with Crippen molar-refractivity contribution in [2.45, 2.75) is 25.3 Å². The number of aromatic nitrogens is 2. The summed E-state index contributed by atoms with van der Waals surface area (Å²) in [4.78, 5) is 8.55. The van der Waals surface area contributed by atoms with Crippen LogP contribution in [-0.2, 0) is 4.74 Å². The number of halogens is 1. The van der Waals surface area contributed by atoms with Gasteiger partial charge in [-0.2, -0.15) is 0 Å². The van der Waals surface area contributed by atoms with E-state index >= 15 is 0 Å². The molecule has 92 valence electrons. The van der Waals surface area contributed by atoms with E-state index in [0.717, 1.165) is 29.0 Å². The van der Waals surface area contributed by atoms with Gasteiger partial charge in [-0.1, -0.05) is 12.2 Å². The number of ether oxygens (including phenoxy) is 1. The maximum atomic E-state index is 5.31. The number of hydrogen-bond donors (Lipinski definition) is 1. The molecule has 0 amide bonds. The number of rotatable bonds is 4. The molecule has 1 aliphatic rings. The Morgan fingerprint density at radius 1 is 1.47 bits per heavy atom. The van der Waals surface area contributed by atoms with E-state index in [1.807, 2.05) is 6.92 Å². The molecular formula is C12H16BrN3O. The summed E-state index contributed by atoms with van der Waals surface area (Å²) >= 11 is 3.46. The first kappa shape index (κ1) is 12.5. The molecule has 4 nitrogen and oxygen atoms in total. The van der Waals surface area contributed by atoms with Crippen LogP contribution in [0.2, 0.25) is 0 Å². The lowest BCUT2D eigenvalue weighted by atomic mass is 9.98. The molecular weight excluding hydrogens is 282 g/mol. The molecule has 0 aliphatic heterocycles. The molecule has 0 aromatic carbocycles. The molecule has 0 saturated carbocycles. The minimum Gasteiger partial charge on any atom is -0.382 e. The maximum absolute atomic E-state index is 5.31. The lowest BCUT2D eigenvalue weighted by Gasteiger charge is -2.30. The van der Waals surface area contributed by atoms with E-state index in [4.69, 9.17) is 4.74 Å². The van der Waals surface area contributed by atoms with E-state index < -0.39 is 0 Å². The standard InChI is InChI=1S/C12H16BrN3O/c1-9-14-7-10(13)11(15-9)16-12(8-17-2)5-3-4-6-12/h3-4,7H,5-6,8H2,1-2H3,(H,14,15,16). The van der Waals surface area contributed by atoms with Crippen LogP contribution in [0.25, 0.3) is 0 Å². The zero-order chi connectivity index (χ0) is 12.3. The molecule has 5 heteroatoms. The normalized spacial score (nSPS) is 17.4. The van der Waals surface area contributed by atoms with Gasteiger partial charge in [0.25, 0.3) is 0 Å². The third-order valence-corrected chi connectivity index (χ3v) is 3.43. The molecule has 0 unspecified atom stereocenters. The third kappa shape index (κ3) is 2.84. The Morgan fingerprint density at radius 2 is 2.18 bits per heavy atom. The zero-order valence-corrected chi connectivity index (χ0v) is 11.6. The second kappa shape index (κ2) is 5.14. The number of nitrogens with one attached hydrogen (secondary N) is 1. The van der Waals surface area contributed by atoms with Crippen LogP contribution in [0.1, 0.15) is 18.7 Å². The Bertz CT molecular complexity index is 426. The highest BCUT2D eigenvalue weighted by Gasteiger charge is 2.31. The van der Waals surface area contributed by atoms with Gasteiger partial charge in [0.05, 0.1) is 16.6 Å². The summed E-state index contributed by atoms with van der Waals surface area (Å²) in [5.41, 5.74) is -0.0714. The molecule has 17 heavy (non-hydrogen) atoms. The van der Waals surface area contributed by atoms with Crippen molar-refractivity contribution in [2.75, 3.05) is 19.0 Å². The van der Waals surface area contributed by atoms with Gasteiger partial charge in [-0.15, -0.1) is 0 Å². The average Bonchev–Trinajstić information content (AvgIpc) is 2.73. The number of nitrogens with zero attached hydrogens (tertiary/aromatic N) is 2. The van der Waals surface area contributed by atoms with Gasteiger partial charge >= 0.3 is 0 Å². The molecule has 2 rings (SSSR count). The van der Waals surface area contributed by atoms with Crippen molar-refractivity contribution in [1.29, 1.82) is 0 Å². The van der Waals surface area contributed by atoms with Crippen molar-refractivity contribution in [1.82, 2.24) is 9.97 Å². The highest BCUT2D eigenvalue weighted by molar-refractivity contribution is 9.10. The second-order valence-corrected chi connectivity index (χ2v) is 5.19. The highest BCUT2D eigenvalue weighted by Crippen LogP contribution is 2.30. The number of methoxy groups -OCH3 is 1. The molecule has 0 spiro atoms. The average molecular weight is 298 g/mol. The molecule has 1 aliphatic carbocycles.